The van der Waals surface area contributed by atoms with Crippen LogP contribution in [0.1, 0.15) is 44.1 Å². The van der Waals surface area contributed by atoms with Crippen LogP contribution in [-0.4, -0.2) is 71.8 Å². The van der Waals surface area contributed by atoms with Crippen molar-refractivity contribution < 1.29 is 19.4 Å². The monoisotopic (exact) mass is 414 g/mol. The lowest BCUT2D eigenvalue weighted by molar-refractivity contribution is -0.140. The largest absolute Gasteiger partial charge is 0.496 e. The molecule has 0 bridgehead atoms. The molecule has 5 rings (SSSR count). The number of carbonyl (C=O) groups is 1. The molecule has 0 spiro atoms. The van der Waals surface area contributed by atoms with E-state index in [0.717, 1.165) is 75.3 Å². The highest BCUT2D eigenvalue weighted by Gasteiger charge is 2.54. The number of carbonyl (C=O) groups excluding carboxylic acids is 1. The minimum atomic E-state index is -0.500. The third kappa shape index (κ3) is 3.19. The van der Waals surface area contributed by atoms with Crippen LogP contribution >= 0.6 is 0 Å². The molecule has 6 heteroatoms. The Morgan fingerprint density at radius 1 is 1.10 bits per heavy atom. The SMILES string of the molecule is COc1cccc(O[C@@H]2C[C@@H]3CN(C(=O)C45CCCN4CCC5)C[C@@H]3C[C@H]2O)c1C. The summed E-state index contributed by atoms with van der Waals surface area (Å²) in [5.41, 5.74) is 0.735. The highest BCUT2D eigenvalue weighted by molar-refractivity contribution is 5.87. The van der Waals surface area contributed by atoms with Crippen LogP contribution in [0.2, 0.25) is 0 Å². The van der Waals surface area contributed by atoms with Crippen LogP contribution < -0.4 is 9.47 Å². The van der Waals surface area contributed by atoms with Crippen LogP contribution in [-0.2, 0) is 4.79 Å². The number of hydrogen-bond donors (Lipinski definition) is 1. The topological polar surface area (TPSA) is 62.2 Å². The number of hydrogen-bond acceptors (Lipinski definition) is 5. The van der Waals surface area contributed by atoms with Crippen LogP contribution in [0.3, 0.4) is 0 Å². The molecule has 0 aromatic heterocycles. The summed E-state index contributed by atoms with van der Waals surface area (Å²) in [6.45, 7) is 5.72. The molecule has 30 heavy (non-hydrogen) atoms. The van der Waals surface area contributed by atoms with Crippen LogP contribution in [0, 0.1) is 18.8 Å². The van der Waals surface area contributed by atoms with Crippen molar-refractivity contribution in [1.29, 1.82) is 0 Å². The molecule has 3 aliphatic heterocycles. The zero-order chi connectivity index (χ0) is 20.9. The number of likely N-dealkylation sites (tertiary alicyclic amines) is 1. The van der Waals surface area contributed by atoms with Gasteiger partial charge in [0, 0.05) is 18.7 Å². The molecule has 0 radical (unpaired) electrons. The van der Waals surface area contributed by atoms with Crippen molar-refractivity contribution in [2.45, 2.75) is 63.2 Å². The summed E-state index contributed by atoms with van der Waals surface area (Å²) in [7, 11) is 1.66. The molecule has 1 aliphatic carbocycles. The maximum Gasteiger partial charge on any atom is 0.243 e. The average molecular weight is 415 g/mol. The summed E-state index contributed by atoms with van der Waals surface area (Å²) in [6, 6.07) is 5.78. The van der Waals surface area contributed by atoms with Gasteiger partial charge in [-0.25, -0.2) is 0 Å². The molecule has 0 unspecified atom stereocenters. The van der Waals surface area contributed by atoms with Gasteiger partial charge in [0.1, 0.15) is 23.1 Å². The summed E-state index contributed by atoms with van der Waals surface area (Å²) >= 11 is 0. The number of methoxy groups -OCH3 is 1. The molecule has 164 valence electrons. The van der Waals surface area contributed by atoms with Gasteiger partial charge in [-0.05, 0) is 82.5 Å². The molecule has 1 saturated carbocycles. The van der Waals surface area contributed by atoms with E-state index in [4.69, 9.17) is 9.47 Å². The van der Waals surface area contributed by atoms with Crippen molar-refractivity contribution in [3.8, 4) is 11.5 Å². The first-order valence-corrected chi connectivity index (χ1v) is 11.5. The fourth-order valence-electron chi connectivity index (χ4n) is 6.54. The van der Waals surface area contributed by atoms with Crippen molar-refractivity contribution in [2.24, 2.45) is 11.8 Å². The first-order chi connectivity index (χ1) is 14.5. The molecule has 4 aliphatic rings. The number of aliphatic hydroxyl groups excluding tert-OH is 1. The zero-order valence-corrected chi connectivity index (χ0v) is 18.2. The van der Waals surface area contributed by atoms with Gasteiger partial charge in [-0.2, -0.15) is 0 Å². The maximum absolute atomic E-state index is 13.5. The predicted octanol–water partition coefficient (Wildman–Crippen LogP) is 2.61. The number of benzene rings is 1. The van der Waals surface area contributed by atoms with Gasteiger partial charge in [0.05, 0.1) is 13.2 Å². The summed E-state index contributed by atoms with van der Waals surface area (Å²) in [5.74, 6) is 2.70. The van der Waals surface area contributed by atoms with Gasteiger partial charge < -0.3 is 19.5 Å². The lowest BCUT2D eigenvalue weighted by Crippen LogP contribution is -2.53. The van der Waals surface area contributed by atoms with E-state index >= 15 is 0 Å². The Morgan fingerprint density at radius 2 is 1.77 bits per heavy atom. The Balaban J connectivity index is 1.27. The average Bonchev–Trinajstić information content (AvgIpc) is 3.43. The first-order valence-electron chi connectivity index (χ1n) is 11.5. The normalized spacial score (nSPS) is 32.7. The van der Waals surface area contributed by atoms with Gasteiger partial charge in [0.25, 0.3) is 0 Å². The number of amides is 1. The Kier molecular flexibility index (Phi) is 5.18. The second-order valence-electron chi connectivity index (χ2n) is 9.73. The van der Waals surface area contributed by atoms with E-state index in [1.54, 1.807) is 7.11 Å². The fourth-order valence-corrected chi connectivity index (χ4v) is 6.54. The third-order valence-corrected chi connectivity index (χ3v) is 8.14. The lowest BCUT2D eigenvalue weighted by atomic mass is 9.78. The molecule has 1 aromatic carbocycles. The van der Waals surface area contributed by atoms with E-state index in [1.807, 2.05) is 25.1 Å². The van der Waals surface area contributed by atoms with E-state index in [1.165, 1.54) is 0 Å². The molecule has 4 fully saturated rings. The minimum absolute atomic E-state index is 0.223. The first kappa shape index (κ1) is 20.1. The third-order valence-electron chi connectivity index (χ3n) is 8.14. The smallest absolute Gasteiger partial charge is 0.243 e. The molecule has 3 saturated heterocycles. The number of rotatable bonds is 4. The summed E-state index contributed by atoms with van der Waals surface area (Å²) in [4.78, 5) is 18.1. The molecular formula is C24H34N2O4. The molecule has 1 amide bonds. The van der Waals surface area contributed by atoms with E-state index in [9.17, 15) is 9.90 Å². The van der Waals surface area contributed by atoms with E-state index in [0.29, 0.717) is 24.2 Å². The van der Waals surface area contributed by atoms with Crippen molar-refractivity contribution >= 4 is 5.91 Å². The molecule has 3 heterocycles. The lowest BCUT2D eigenvalue weighted by Gasteiger charge is -2.35. The zero-order valence-electron chi connectivity index (χ0n) is 18.2. The summed E-state index contributed by atoms with van der Waals surface area (Å²) < 4.78 is 11.7. The van der Waals surface area contributed by atoms with Gasteiger partial charge in [0.2, 0.25) is 5.91 Å². The molecular weight excluding hydrogens is 380 g/mol. The van der Waals surface area contributed by atoms with Crippen LogP contribution in [0.25, 0.3) is 0 Å². The quantitative estimate of drug-likeness (QED) is 0.821. The van der Waals surface area contributed by atoms with E-state index in [2.05, 4.69) is 9.80 Å². The van der Waals surface area contributed by atoms with Crippen molar-refractivity contribution in [1.82, 2.24) is 9.80 Å². The predicted molar refractivity (Wildman–Crippen MR) is 114 cm³/mol. The Hall–Kier alpha value is -1.79. The second-order valence-corrected chi connectivity index (χ2v) is 9.73. The van der Waals surface area contributed by atoms with Gasteiger partial charge in [-0.3, -0.25) is 9.69 Å². The van der Waals surface area contributed by atoms with Crippen LogP contribution in [0.5, 0.6) is 11.5 Å². The van der Waals surface area contributed by atoms with Gasteiger partial charge in [-0.15, -0.1) is 0 Å². The van der Waals surface area contributed by atoms with Gasteiger partial charge in [0.15, 0.2) is 0 Å². The molecule has 1 N–H and O–H groups in total. The maximum atomic E-state index is 13.5. The molecule has 6 nitrogen and oxygen atoms in total. The Morgan fingerprint density at radius 3 is 2.47 bits per heavy atom. The highest BCUT2D eigenvalue weighted by atomic mass is 16.5. The minimum Gasteiger partial charge on any atom is -0.496 e. The summed E-state index contributed by atoms with van der Waals surface area (Å²) in [5, 5.41) is 10.8. The number of ether oxygens (including phenoxy) is 2. The van der Waals surface area contributed by atoms with E-state index < -0.39 is 6.10 Å². The number of aliphatic hydroxyl groups is 1. The Bertz CT molecular complexity index is 802. The van der Waals surface area contributed by atoms with Crippen molar-refractivity contribution in [2.75, 3.05) is 33.3 Å². The number of fused-ring (bicyclic) bond motifs is 2. The highest BCUT2D eigenvalue weighted by Crippen LogP contribution is 2.44. The van der Waals surface area contributed by atoms with Gasteiger partial charge >= 0.3 is 0 Å². The standard InChI is InChI=1S/C24H34N2O4/c1-16-20(29-2)6-3-7-21(16)30-22-13-18-15-25(14-17(18)12-19(22)27)23(28)24-8-4-10-26(24)11-5-9-24/h3,6-7,17-19,22,27H,4-5,8-15H2,1-2H3/t17-,18+,19+,22+/m0/s1. The van der Waals surface area contributed by atoms with E-state index in [-0.39, 0.29) is 11.6 Å². The fraction of sp³-hybridized carbons (Fsp3) is 0.708. The number of nitrogens with zero attached hydrogens (tertiary/aromatic N) is 2. The summed E-state index contributed by atoms with van der Waals surface area (Å²) in [6.07, 6.45) is 5.07. The van der Waals surface area contributed by atoms with Crippen LogP contribution in [0.4, 0.5) is 0 Å². The molecule has 1 aromatic rings. The second kappa shape index (κ2) is 7.72. The van der Waals surface area contributed by atoms with Gasteiger partial charge in [-0.1, -0.05) is 6.07 Å². The van der Waals surface area contributed by atoms with Crippen molar-refractivity contribution in [3.63, 3.8) is 0 Å². The van der Waals surface area contributed by atoms with Crippen molar-refractivity contribution in [3.05, 3.63) is 23.8 Å². The molecule has 4 atom stereocenters. The van der Waals surface area contributed by atoms with Crippen LogP contribution in [0.15, 0.2) is 18.2 Å². The Labute approximate surface area is 179 Å².